The fraction of sp³-hybridized carbons (Fsp3) is 0.154. The molecule has 2 aromatic rings. The summed E-state index contributed by atoms with van der Waals surface area (Å²) in [4.78, 5) is 30.7. The fourth-order valence-corrected chi connectivity index (χ4v) is 1.81. The van der Waals surface area contributed by atoms with Gasteiger partial charge in [0.15, 0.2) is 0 Å². The lowest BCUT2D eigenvalue weighted by atomic mass is 10.2. The first-order valence-electron chi connectivity index (χ1n) is 5.97. The van der Waals surface area contributed by atoms with E-state index in [-0.39, 0.29) is 5.56 Å². The van der Waals surface area contributed by atoms with Gasteiger partial charge in [-0.3, -0.25) is 15.1 Å². The van der Waals surface area contributed by atoms with Crippen LogP contribution in [0.2, 0.25) is 0 Å². The van der Waals surface area contributed by atoms with Crippen molar-refractivity contribution in [3.8, 4) is 0 Å². The van der Waals surface area contributed by atoms with Crippen LogP contribution >= 0.6 is 0 Å². The van der Waals surface area contributed by atoms with E-state index in [1.165, 1.54) is 6.07 Å². The second kappa shape index (κ2) is 5.95. The van der Waals surface area contributed by atoms with E-state index < -0.39 is 16.6 Å². The first kappa shape index (κ1) is 14.4. The van der Waals surface area contributed by atoms with Crippen molar-refractivity contribution >= 4 is 17.5 Å². The van der Waals surface area contributed by atoms with Crippen LogP contribution in [0.25, 0.3) is 0 Å². The highest BCUT2D eigenvalue weighted by atomic mass is 16.6. The molecular formula is C13H12N4O4. The van der Waals surface area contributed by atoms with Gasteiger partial charge in [0, 0.05) is 32.1 Å². The molecule has 2 heterocycles. The van der Waals surface area contributed by atoms with Crippen molar-refractivity contribution in [2.45, 2.75) is 6.54 Å². The van der Waals surface area contributed by atoms with Crippen molar-refractivity contribution in [1.82, 2.24) is 9.97 Å². The Bertz CT molecular complexity index is 675. The largest absolute Gasteiger partial charge is 0.477 e. The summed E-state index contributed by atoms with van der Waals surface area (Å²) < 4.78 is 0. The number of nitro groups is 1. The molecule has 0 unspecified atom stereocenters. The van der Waals surface area contributed by atoms with Crippen LogP contribution in [0.3, 0.4) is 0 Å². The van der Waals surface area contributed by atoms with E-state index in [4.69, 9.17) is 5.11 Å². The lowest BCUT2D eigenvalue weighted by Gasteiger charge is -2.18. The van der Waals surface area contributed by atoms with E-state index in [0.717, 1.165) is 11.8 Å². The molecule has 0 amide bonds. The molecule has 0 aromatic carbocycles. The van der Waals surface area contributed by atoms with Gasteiger partial charge in [-0.25, -0.2) is 9.78 Å². The molecular weight excluding hydrogens is 276 g/mol. The summed E-state index contributed by atoms with van der Waals surface area (Å²) in [6, 6.07) is 4.85. The average molecular weight is 288 g/mol. The SMILES string of the molecule is CN(Cc1cccnc1)c1cc(C(=O)O)c([N+](=O)[O-])cn1. The van der Waals surface area contributed by atoms with Gasteiger partial charge in [-0.1, -0.05) is 6.07 Å². The standard InChI is InChI=1S/C13H12N4O4/c1-16(8-9-3-2-4-14-6-9)12-5-10(13(18)19)11(7-15-12)17(20)21/h2-7H,8H2,1H3,(H,18,19). The molecule has 108 valence electrons. The minimum Gasteiger partial charge on any atom is -0.477 e. The van der Waals surface area contributed by atoms with E-state index in [1.54, 1.807) is 30.4 Å². The molecule has 0 fully saturated rings. The molecule has 8 heteroatoms. The van der Waals surface area contributed by atoms with Crippen LogP contribution in [-0.2, 0) is 6.54 Å². The van der Waals surface area contributed by atoms with Crippen molar-refractivity contribution in [2.24, 2.45) is 0 Å². The van der Waals surface area contributed by atoms with Gasteiger partial charge >= 0.3 is 11.7 Å². The Hall–Kier alpha value is -3.03. The highest BCUT2D eigenvalue weighted by molar-refractivity contribution is 5.93. The van der Waals surface area contributed by atoms with Crippen molar-refractivity contribution in [2.75, 3.05) is 11.9 Å². The molecule has 21 heavy (non-hydrogen) atoms. The molecule has 0 radical (unpaired) electrons. The fourth-order valence-electron chi connectivity index (χ4n) is 1.81. The Morgan fingerprint density at radius 1 is 1.48 bits per heavy atom. The van der Waals surface area contributed by atoms with Crippen molar-refractivity contribution in [3.63, 3.8) is 0 Å². The number of anilines is 1. The molecule has 0 aliphatic heterocycles. The molecule has 0 aliphatic rings. The number of hydrogen-bond donors (Lipinski definition) is 1. The summed E-state index contributed by atoms with van der Waals surface area (Å²) in [5.74, 6) is -1.03. The summed E-state index contributed by atoms with van der Waals surface area (Å²) >= 11 is 0. The Kier molecular flexibility index (Phi) is 4.07. The molecule has 1 N–H and O–H groups in total. The lowest BCUT2D eigenvalue weighted by molar-refractivity contribution is -0.385. The van der Waals surface area contributed by atoms with E-state index >= 15 is 0 Å². The predicted octanol–water partition coefficient (Wildman–Crippen LogP) is 1.72. The maximum Gasteiger partial charge on any atom is 0.342 e. The molecule has 8 nitrogen and oxygen atoms in total. The number of aromatic carboxylic acids is 1. The predicted molar refractivity (Wildman–Crippen MR) is 74.2 cm³/mol. The number of rotatable bonds is 5. The first-order chi connectivity index (χ1) is 9.99. The van der Waals surface area contributed by atoms with Crippen LogP contribution in [0.15, 0.2) is 36.8 Å². The Balaban J connectivity index is 2.30. The molecule has 0 atom stereocenters. The van der Waals surface area contributed by atoms with Gasteiger partial charge in [0.25, 0.3) is 0 Å². The lowest BCUT2D eigenvalue weighted by Crippen LogP contribution is -2.18. The topological polar surface area (TPSA) is 109 Å². The minimum atomic E-state index is -1.36. The second-order valence-electron chi connectivity index (χ2n) is 4.34. The summed E-state index contributed by atoms with van der Waals surface area (Å²) in [5.41, 5.74) is 0.00101. The molecule has 0 saturated carbocycles. The van der Waals surface area contributed by atoms with E-state index in [2.05, 4.69) is 9.97 Å². The number of carboxylic acid groups (broad SMARTS) is 1. The van der Waals surface area contributed by atoms with Gasteiger partial charge in [0.2, 0.25) is 0 Å². The minimum absolute atomic E-state index is 0.335. The number of hydrogen-bond acceptors (Lipinski definition) is 6. The Morgan fingerprint density at radius 3 is 2.81 bits per heavy atom. The maximum atomic E-state index is 11.1. The molecule has 0 aliphatic carbocycles. The Labute approximate surface area is 119 Å². The van der Waals surface area contributed by atoms with Gasteiger partial charge in [-0.05, 0) is 11.6 Å². The molecule has 2 aromatic heterocycles. The number of carboxylic acids is 1. The zero-order chi connectivity index (χ0) is 15.4. The quantitative estimate of drug-likeness (QED) is 0.658. The van der Waals surface area contributed by atoms with Crippen LogP contribution in [0, 0.1) is 10.1 Å². The first-order valence-corrected chi connectivity index (χ1v) is 5.97. The average Bonchev–Trinajstić information content (AvgIpc) is 2.47. The van der Waals surface area contributed by atoms with Crippen LogP contribution in [0.1, 0.15) is 15.9 Å². The third kappa shape index (κ3) is 3.30. The van der Waals surface area contributed by atoms with E-state index in [9.17, 15) is 14.9 Å². The van der Waals surface area contributed by atoms with Gasteiger partial charge in [-0.15, -0.1) is 0 Å². The van der Waals surface area contributed by atoms with Crippen molar-refractivity contribution in [3.05, 3.63) is 58.0 Å². The summed E-state index contributed by atoms with van der Waals surface area (Å²) in [5, 5.41) is 19.8. The van der Waals surface area contributed by atoms with Gasteiger partial charge < -0.3 is 10.0 Å². The zero-order valence-corrected chi connectivity index (χ0v) is 11.1. The molecule has 0 bridgehead atoms. The molecule has 2 rings (SSSR count). The zero-order valence-electron chi connectivity index (χ0n) is 11.1. The molecule has 0 saturated heterocycles. The van der Waals surface area contributed by atoms with Gasteiger partial charge in [0.05, 0.1) is 4.92 Å². The summed E-state index contributed by atoms with van der Waals surface area (Å²) in [6.07, 6.45) is 4.29. The normalized spacial score (nSPS) is 10.1. The van der Waals surface area contributed by atoms with Gasteiger partial charge in [-0.2, -0.15) is 0 Å². The highest BCUT2D eigenvalue weighted by Gasteiger charge is 2.22. The third-order valence-electron chi connectivity index (χ3n) is 2.83. The van der Waals surface area contributed by atoms with Crippen LogP contribution in [0.5, 0.6) is 0 Å². The van der Waals surface area contributed by atoms with E-state index in [0.29, 0.717) is 12.4 Å². The number of carbonyl (C=O) groups is 1. The van der Waals surface area contributed by atoms with Crippen LogP contribution in [0.4, 0.5) is 11.5 Å². The van der Waals surface area contributed by atoms with Crippen molar-refractivity contribution in [1.29, 1.82) is 0 Å². The van der Waals surface area contributed by atoms with Crippen LogP contribution < -0.4 is 4.90 Å². The van der Waals surface area contributed by atoms with Crippen molar-refractivity contribution < 1.29 is 14.8 Å². The monoisotopic (exact) mass is 288 g/mol. The summed E-state index contributed by atoms with van der Waals surface area (Å²) in [7, 11) is 1.72. The number of pyridine rings is 2. The Morgan fingerprint density at radius 2 is 2.24 bits per heavy atom. The number of aromatic nitrogens is 2. The second-order valence-corrected chi connectivity index (χ2v) is 4.34. The van der Waals surface area contributed by atoms with Crippen LogP contribution in [-0.4, -0.2) is 33.0 Å². The third-order valence-corrected chi connectivity index (χ3v) is 2.83. The molecule has 0 spiro atoms. The summed E-state index contributed by atoms with van der Waals surface area (Å²) in [6.45, 7) is 0.456. The highest BCUT2D eigenvalue weighted by Crippen LogP contribution is 2.22. The smallest absolute Gasteiger partial charge is 0.342 e. The van der Waals surface area contributed by atoms with E-state index in [1.807, 2.05) is 6.07 Å². The van der Waals surface area contributed by atoms with Gasteiger partial charge in [0.1, 0.15) is 17.6 Å². The number of nitrogens with zero attached hydrogens (tertiary/aromatic N) is 4. The maximum absolute atomic E-state index is 11.1.